The molecule has 0 spiro atoms. The molecule has 0 fully saturated rings. The number of rotatable bonds is 4. The topological polar surface area (TPSA) is 58.2 Å². The van der Waals surface area contributed by atoms with Gasteiger partial charge in [0.1, 0.15) is 0 Å². The predicted molar refractivity (Wildman–Crippen MR) is 94.9 cm³/mol. The molecule has 2 aromatic rings. The van der Waals surface area contributed by atoms with Crippen molar-refractivity contribution in [2.75, 3.05) is 10.6 Å². The van der Waals surface area contributed by atoms with Gasteiger partial charge in [-0.1, -0.05) is 29.3 Å². The van der Waals surface area contributed by atoms with Crippen LogP contribution >= 0.6 is 23.2 Å². The Morgan fingerprint density at radius 3 is 2.13 bits per heavy atom. The summed E-state index contributed by atoms with van der Waals surface area (Å²) < 4.78 is 0. The van der Waals surface area contributed by atoms with Crippen molar-refractivity contribution in [1.82, 2.24) is 0 Å². The van der Waals surface area contributed by atoms with Crippen LogP contribution in [0.3, 0.4) is 0 Å². The average molecular weight is 349 g/mol. The van der Waals surface area contributed by atoms with Crippen molar-refractivity contribution in [2.24, 2.45) is 0 Å². The van der Waals surface area contributed by atoms with E-state index in [4.69, 9.17) is 23.2 Å². The third-order valence-electron chi connectivity index (χ3n) is 2.85. The van der Waals surface area contributed by atoms with Crippen molar-refractivity contribution >= 4 is 52.5 Å². The SMILES string of the molecule is CC(=O)Nc1ccc(NC(=O)C=Cc2ccc(Cl)cc2Cl)cc1. The first-order valence-electron chi connectivity index (χ1n) is 6.76. The fourth-order valence-corrected chi connectivity index (χ4v) is 2.30. The van der Waals surface area contributed by atoms with Crippen LogP contribution in [-0.4, -0.2) is 11.8 Å². The van der Waals surface area contributed by atoms with Crippen LogP contribution in [0.4, 0.5) is 11.4 Å². The number of hydrogen-bond acceptors (Lipinski definition) is 2. The van der Waals surface area contributed by atoms with Gasteiger partial charge in [-0.05, 0) is 48.0 Å². The number of halogens is 2. The summed E-state index contributed by atoms with van der Waals surface area (Å²) in [6.45, 7) is 1.43. The largest absolute Gasteiger partial charge is 0.326 e. The summed E-state index contributed by atoms with van der Waals surface area (Å²) in [6.07, 6.45) is 3.00. The number of hydrogen-bond donors (Lipinski definition) is 2. The lowest BCUT2D eigenvalue weighted by atomic mass is 10.2. The Balaban J connectivity index is 1.98. The second kappa shape index (κ2) is 7.81. The molecule has 0 aliphatic carbocycles. The standard InChI is InChI=1S/C17H14Cl2N2O2/c1-11(22)20-14-5-7-15(8-6-14)21-17(23)9-3-12-2-4-13(18)10-16(12)19/h2-10H,1H3,(H,20,22)(H,21,23). The van der Waals surface area contributed by atoms with E-state index in [0.29, 0.717) is 27.0 Å². The average Bonchev–Trinajstić information content (AvgIpc) is 2.48. The van der Waals surface area contributed by atoms with Crippen LogP contribution in [0.25, 0.3) is 6.08 Å². The number of nitrogens with one attached hydrogen (secondary N) is 2. The zero-order valence-electron chi connectivity index (χ0n) is 12.3. The van der Waals surface area contributed by atoms with Crippen molar-refractivity contribution in [3.63, 3.8) is 0 Å². The molecule has 0 aliphatic heterocycles. The van der Waals surface area contributed by atoms with E-state index in [1.54, 1.807) is 48.5 Å². The van der Waals surface area contributed by atoms with Gasteiger partial charge >= 0.3 is 0 Å². The van der Waals surface area contributed by atoms with E-state index in [2.05, 4.69) is 10.6 Å². The van der Waals surface area contributed by atoms with Gasteiger partial charge in [0.15, 0.2) is 0 Å². The van der Waals surface area contributed by atoms with Crippen molar-refractivity contribution in [3.8, 4) is 0 Å². The maximum atomic E-state index is 11.9. The van der Waals surface area contributed by atoms with Crippen molar-refractivity contribution in [3.05, 3.63) is 64.1 Å². The summed E-state index contributed by atoms with van der Waals surface area (Å²) in [5, 5.41) is 6.38. The summed E-state index contributed by atoms with van der Waals surface area (Å²) in [6, 6.07) is 11.9. The van der Waals surface area contributed by atoms with Crippen LogP contribution in [0.5, 0.6) is 0 Å². The number of benzene rings is 2. The van der Waals surface area contributed by atoms with Crippen LogP contribution in [0.15, 0.2) is 48.5 Å². The summed E-state index contributed by atoms with van der Waals surface area (Å²) in [4.78, 5) is 22.8. The highest BCUT2D eigenvalue weighted by atomic mass is 35.5. The highest BCUT2D eigenvalue weighted by Gasteiger charge is 2.01. The maximum Gasteiger partial charge on any atom is 0.248 e. The summed E-state index contributed by atoms with van der Waals surface area (Å²) in [7, 11) is 0. The fourth-order valence-electron chi connectivity index (χ4n) is 1.83. The van der Waals surface area contributed by atoms with E-state index in [1.807, 2.05) is 0 Å². The Bertz CT molecular complexity index is 756. The molecule has 0 aromatic heterocycles. The van der Waals surface area contributed by atoms with E-state index in [1.165, 1.54) is 13.0 Å². The summed E-state index contributed by atoms with van der Waals surface area (Å²) in [5.74, 6) is -0.437. The molecule has 0 atom stereocenters. The van der Waals surface area contributed by atoms with Gasteiger partial charge in [-0.15, -0.1) is 0 Å². The van der Waals surface area contributed by atoms with Crippen molar-refractivity contribution < 1.29 is 9.59 Å². The van der Waals surface area contributed by atoms with Crippen LogP contribution in [-0.2, 0) is 9.59 Å². The minimum atomic E-state index is -0.289. The molecular formula is C17H14Cl2N2O2. The molecular weight excluding hydrogens is 335 g/mol. The lowest BCUT2D eigenvalue weighted by molar-refractivity contribution is -0.114. The van der Waals surface area contributed by atoms with Gasteiger partial charge in [0.25, 0.3) is 0 Å². The zero-order chi connectivity index (χ0) is 16.8. The lowest BCUT2D eigenvalue weighted by Crippen LogP contribution is -2.08. The maximum absolute atomic E-state index is 11.9. The van der Waals surface area contributed by atoms with Crippen molar-refractivity contribution in [2.45, 2.75) is 6.92 Å². The fraction of sp³-hybridized carbons (Fsp3) is 0.0588. The highest BCUT2D eigenvalue weighted by molar-refractivity contribution is 6.35. The smallest absolute Gasteiger partial charge is 0.248 e. The number of anilines is 2. The van der Waals surface area contributed by atoms with Crippen molar-refractivity contribution in [1.29, 1.82) is 0 Å². The first kappa shape index (κ1) is 17.1. The quantitative estimate of drug-likeness (QED) is 0.793. The van der Waals surface area contributed by atoms with Gasteiger partial charge < -0.3 is 10.6 Å². The minimum Gasteiger partial charge on any atom is -0.326 e. The first-order chi connectivity index (χ1) is 10.9. The third kappa shape index (κ3) is 5.43. The van der Waals surface area contributed by atoms with Crippen LogP contribution in [0.1, 0.15) is 12.5 Å². The molecule has 23 heavy (non-hydrogen) atoms. The van der Waals surface area contributed by atoms with E-state index in [9.17, 15) is 9.59 Å². The summed E-state index contributed by atoms with van der Waals surface area (Å²) in [5.41, 5.74) is 1.99. The Labute approximate surface area is 144 Å². The number of amides is 2. The summed E-state index contributed by atoms with van der Waals surface area (Å²) >= 11 is 11.8. The predicted octanol–water partition coefficient (Wildman–Crippen LogP) is 4.60. The normalized spacial score (nSPS) is 10.6. The molecule has 2 rings (SSSR count). The van der Waals surface area contributed by atoms with Crippen LogP contribution in [0, 0.1) is 0 Å². The molecule has 0 saturated heterocycles. The molecule has 0 aliphatic rings. The molecule has 0 radical (unpaired) electrons. The molecule has 4 nitrogen and oxygen atoms in total. The van der Waals surface area contributed by atoms with E-state index in [-0.39, 0.29) is 11.8 Å². The Morgan fingerprint density at radius 1 is 0.957 bits per heavy atom. The monoisotopic (exact) mass is 348 g/mol. The minimum absolute atomic E-state index is 0.149. The van der Waals surface area contributed by atoms with E-state index < -0.39 is 0 Å². The number of carbonyl (C=O) groups is 2. The molecule has 118 valence electrons. The molecule has 0 unspecified atom stereocenters. The second-order valence-corrected chi connectivity index (χ2v) is 5.59. The molecule has 2 N–H and O–H groups in total. The number of carbonyl (C=O) groups excluding carboxylic acids is 2. The Hall–Kier alpha value is -2.30. The van der Waals surface area contributed by atoms with Gasteiger partial charge in [-0.3, -0.25) is 9.59 Å². The molecule has 2 amide bonds. The first-order valence-corrected chi connectivity index (χ1v) is 7.51. The third-order valence-corrected chi connectivity index (χ3v) is 3.41. The molecule has 6 heteroatoms. The highest BCUT2D eigenvalue weighted by Crippen LogP contribution is 2.22. The molecule has 0 saturated carbocycles. The molecule has 0 bridgehead atoms. The lowest BCUT2D eigenvalue weighted by Gasteiger charge is -2.05. The molecule has 2 aromatic carbocycles. The zero-order valence-corrected chi connectivity index (χ0v) is 13.8. The van der Waals surface area contributed by atoms with Gasteiger partial charge in [0.2, 0.25) is 11.8 Å². The molecule has 0 heterocycles. The van der Waals surface area contributed by atoms with Gasteiger partial charge in [0.05, 0.1) is 0 Å². The van der Waals surface area contributed by atoms with Gasteiger partial charge in [-0.2, -0.15) is 0 Å². The van der Waals surface area contributed by atoms with Crippen LogP contribution < -0.4 is 10.6 Å². The van der Waals surface area contributed by atoms with Gasteiger partial charge in [-0.25, -0.2) is 0 Å². The Kier molecular flexibility index (Phi) is 5.79. The second-order valence-electron chi connectivity index (χ2n) is 4.75. The Morgan fingerprint density at radius 2 is 1.57 bits per heavy atom. The van der Waals surface area contributed by atoms with E-state index >= 15 is 0 Å². The van der Waals surface area contributed by atoms with Gasteiger partial charge in [0, 0.05) is 34.4 Å². The van der Waals surface area contributed by atoms with Crippen LogP contribution in [0.2, 0.25) is 10.0 Å². The van der Waals surface area contributed by atoms with E-state index in [0.717, 1.165) is 0 Å².